The van der Waals surface area contributed by atoms with Crippen molar-refractivity contribution < 1.29 is 14.6 Å². The van der Waals surface area contributed by atoms with Crippen LogP contribution in [0.4, 0.5) is 0 Å². The monoisotopic (exact) mass is 386 g/mol. The highest BCUT2D eigenvalue weighted by atomic mass is 16.5. The number of methoxy groups -OCH3 is 1. The fourth-order valence-electron chi connectivity index (χ4n) is 3.56. The van der Waals surface area contributed by atoms with Gasteiger partial charge in [0.2, 0.25) is 0 Å². The van der Waals surface area contributed by atoms with Crippen LogP contribution in [0, 0.1) is 0 Å². The van der Waals surface area contributed by atoms with Gasteiger partial charge in [0.25, 0.3) is 0 Å². The van der Waals surface area contributed by atoms with Gasteiger partial charge in [-0.1, -0.05) is 43.3 Å². The van der Waals surface area contributed by atoms with E-state index in [0.29, 0.717) is 6.54 Å². The van der Waals surface area contributed by atoms with Crippen LogP contribution in [0.2, 0.25) is 0 Å². The van der Waals surface area contributed by atoms with E-state index in [1.807, 2.05) is 30.3 Å². The Kier molecular flexibility index (Phi) is 5.04. The summed E-state index contributed by atoms with van der Waals surface area (Å²) in [6, 6.07) is 21.1. The molecule has 0 fully saturated rings. The molecule has 0 spiro atoms. The average molecular weight is 386 g/mol. The van der Waals surface area contributed by atoms with Crippen molar-refractivity contribution in [2.24, 2.45) is 0 Å². The SMILES string of the molecule is CCc1ccc(Cn2c(-c3cccc(C(=O)O)c3)nc3ccccc32)c(OC)c1. The van der Waals surface area contributed by atoms with Crippen LogP contribution in [-0.4, -0.2) is 27.7 Å². The fraction of sp³-hybridized carbons (Fsp3) is 0.167. The molecule has 1 N–H and O–H groups in total. The zero-order valence-electron chi connectivity index (χ0n) is 16.4. The Labute approximate surface area is 169 Å². The van der Waals surface area contributed by atoms with Crippen molar-refractivity contribution in [1.82, 2.24) is 9.55 Å². The lowest BCUT2D eigenvalue weighted by molar-refractivity contribution is 0.0697. The van der Waals surface area contributed by atoms with Crippen molar-refractivity contribution in [2.75, 3.05) is 7.11 Å². The number of carbonyl (C=O) groups is 1. The Morgan fingerprint density at radius 1 is 1.07 bits per heavy atom. The second kappa shape index (κ2) is 7.80. The van der Waals surface area contributed by atoms with E-state index in [2.05, 4.69) is 29.7 Å². The van der Waals surface area contributed by atoms with Crippen molar-refractivity contribution >= 4 is 17.0 Å². The average Bonchev–Trinajstić information content (AvgIpc) is 3.12. The molecule has 3 aromatic carbocycles. The zero-order chi connectivity index (χ0) is 20.4. The smallest absolute Gasteiger partial charge is 0.335 e. The van der Waals surface area contributed by atoms with Gasteiger partial charge in [-0.2, -0.15) is 0 Å². The number of carboxylic acids is 1. The van der Waals surface area contributed by atoms with Gasteiger partial charge in [0.05, 0.1) is 30.3 Å². The van der Waals surface area contributed by atoms with E-state index in [0.717, 1.165) is 40.2 Å². The molecule has 0 saturated heterocycles. The first kappa shape index (κ1) is 18.7. The molecule has 0 amide bonds. The maximum Gasteiger partial charge on any atom is 0.335 e. The summed E-state index contributed by atoms with van der Waals surface area (Å²) in [6.45, 7) is 2.69. The van der Waals surface area contributed by atoms with E-state index in [4.69, 9.17) is 9.72 Å². The number of aromatic carboxylic acids is 1. The lowest BCUT2D eigenvalue weighted by Crippen LogP contribution is -2.05. The normalized spacial score (nSPS) is 11.0. The molecule has 0 aliphatic carbocycles. The molecule has 1 heterocycles. The minimum Gasteiger partial charge on any atom is -0.496 e. The third-order valence-corrected chi connectivity index (χ3v) is 5.11. The molecule has 4 rings (SSSR count). The van der Waals surface area contributed by atoms with E-state index in [-0.39, 0.29) is 5.56 Å². The van der Waals surface area contributed by atoms with Crippen molar-refractivity contribution in [3.05, 3.63) is 83.4 Å². The Morgan fingerprint density at radius 3 is 2.66 bits per heavy atom. The molecule has 0 aliphatic heterocycles. The van der Waals surface area contributed by atoms with Crippen molar-refractivity contribution in [3.63, 3.8) is 0 Å². The molecule has 4 aromatic rings. The maximum absolute atomic E-state index is 11.4. The van der Waals surface area contributed by atoms with Gasteiger partial charge in [0, 0.05) is 11.1 Å². The van der Waals surface area contributed by atoms with E-state index in [1.54, 1.807) is 25.3 Å². The van der Waals surface area contributed by atoms with Gasteiger partial charge in [-0.15, -0.1) is 0 Å². The number of rotatable bonds is 6. The summed E-state index contributed by atoms with van der Waals surface area (Å²) in [7, 11) is 1.68. The number of para-hydroxylation sites is 2. The number of aromatic nitrogens is 2. The third-order valence-electron chi connectivity index (χ3n) is 5.11. The number of carboxylic acid groups (broad SMARTS) is 1. The Balaban J connectivity index is 1.87. The second-order valence-corrected chi connectivity index (χ2v) is 6.90. The van der Waals surface area contributed by atoms with Gasteiger partial charge in [-0.3, -0.25) is 0 Å². The molecule has 5 heteroatoms. The van der Waals surface area contributed by atoms with Gasteiger partial charge < -0.3 is 14.4 Å². The summed E-state index contributed by atoms with van der Waals surface area (Å²) in [5.74, 6) is 0.620. The summed E-state index contributed by atoms with van der Waals surface area (Å²) in [5, 5.41) is 9.37. The number of fused-ring (bicyclic) bond motifs is 1. The molecule has 29 heavy (non-hydrogen) atoms. The number of hydrogen-bond acceptors (Lipinski definition) is 3. The number of imidazole rings is 1. The highest BCUT2D eigenvalue weighted by molar-refractivity contribution is 5.89. The number of nitrogens with zero attached hydrogens (tertiary/aromatic N) is 2. The predicted molar refractivity (Wildman–Crippen MR) is 114 cm³/mol. The van der Waals surface area contributed by atoms with E-state index < -0.39 is 5.97 Å². The lowest BCUT2D eigenvalue weighted by atomic mass is 10.1. The first-order chi connectivity index (χ1) is 14.1. The molecule has 0 atom stereocenters. The minimum absolute atomic E-state index is 0.242. The van der Waals surface area contributed by atoms with Crippen LogP contribution in [0.15, 0.2) is 66.7 Å². The Bertz CT molecular complexity index is 1190. The van der Waals surface area contributed by atoms with Crippen molar-refractivity contribution in [1.29, 1.82) is 0 Å². The summed E-state index contributed by atoms with van der Waals surface area (Å²) in [5.41, 5.74) is 5.13. The van der Waals surface area contributed by atoms with Crippen LogP contribution in [0.3, 0.4) is 0 Å². The van der Waals surface area contributed by atoms with Gasteiger partial charge in [0.15, 0.2) is 0 Å². The number of hydrogen-bond donors (Lipinski definition) is 1. The zero-order valence-corrected chi connectivity index (χ0v) is 16.4. The Hall–Kier alpha value is -3.60. The second-order valence-electron chi connectivity index (χ2n) is 6.90. The fourth-order valence-corrected chi connectivity index (χ4v) is 3.56. The molecule has 0 bridgehead atoms. The van der Waals surface area contributed by atoms with Crippen molar-refractivity contribution in [2.45, 2.75) is 19.9 Å². The molecular weight excluding hydrogens is 364 g/mol. The third kappa shape index (κ3) is 3.59. The lowest BCUT2D eigenvalue weighted by Gasteiger charge is -2.14. The van der Waals surface area contributed by atoms with Crippen LogP contribution in [-0.2, 0) is 13.0 Å². The maximum atomic E-state index is 11.4. The molecular formula is C24H22N2O3. The topological polar surface area (TPSA) is 64.4 Å². The summed E-state index contributed by atoms with van der Waals surface area (Å²) < 4.78 is 7.74. The molecule has 5 nitrogen and oxygen atoms in total. The Morgan fingerprint density at radius 2 is 1.90 bits per heavy atom. The van der Waals surface area contributed by atoms with Gasteiger partial charge in [-0.05, 0) is 42.3 Å². The van der Waals surface area contributed by atoms with Crippen LogP contribution < -0.4 is 4.74 Å². The van der Waals surface area contributed by atoms with Gasteiger partial charge >= 0.3 is 5.97 Å². The molecule has 0 aliphatic rings. The summed E-state index contributed by atoms with van der Waals surface area (Å²) in [4.78, 5) is 16.2. The molecule has 146 valence electrons. The quantitative estimate of drug-likeness (QED) is 0.505. The first-order valence-electron chi connectivity index (χ1n) is 9.55. The van der Waals surface area contributed by atoms with E-state index in [9.17, 15) is 9.90 Å². The summed E-state index contributed by atoms with van der Waals surface area (Å²) >= 11 is 0. The largest absolute Gasteiger partial charge is 0.496 e. The summed E-state index contributed by atoms with van der Waals surface area (Å²) in [6.07, 6.45) is 0.942. The first-order valence-corrected chi connectivity index (χ1v) is 9.55. The van der Waals surface area contributed by atoms with E-state index >= 15 is 0 Å². The van der Waals surface area contributed by atoms with Crippen LogP contribution in [0.25, 0.3) is 22.4 Å². The molecule has 0 unspecified atom stereocenters. The highest BCUT2D eigenvalue weighted by Gasteiger charge is 2.16. The van der Waals surface area contributed by atoms with Gasteiger partial charge in [-0.25, -0.2) is 9.78 Å². The van der Waals surface area contributed by atoms with E-state index in [1.165, 1.54) is 5.56 Å². The molecule has 0 saturated carbocycles. The van der Waals surface area contributed by atoms with Gasteiger partial charge in [0.1, 0.15) is 11.6 Å². The predicted octanol–water partition coefficient (Wildman–Crippen LogP) is 5.02. The van der Waals surface area contributed by atoms with Crippen molar-refractivity contribution in [3.8, 4) is 17.1 Å². The van der Waals surface area contributed by atoms with Crippen LogP contribution in [0.5, 0.6) is 5.75 Å². The standard InChI is InChI=1S/C24H22N2O3/c1-3-16-11-12-19(22(13-16)29-2)15-26-21-10-5-4-9-20(21)25-23(26)17-7-6-8-18(14-17)24(27)28/h4-14H,3,15H2,1-2H3,(H,27,28). The van der Waals surface area contributed by atoms with Crippen LogP contribution in [0.1, 0.15) is 28.4 Å². The highest BCUT2D eigenvalue weighted by Crippen LogP contribution is 2.29. The number of ether oxygens (including phenoxy) is 1. The number of benzene rings is 3. The molecule has 1 aromatic heterocycles. The minimum atomic E-state index is -0.952. The number of aryl methyl sites for hydroxylation is 1. The molecule has 0 radical (unpaired) electrons. The van der Waals surface area contributed by atoms with Crippen LogP contribution >= 0.6 is 0 Å².